The first-order valence-electron chi connectivity index (χ1n) is 6.03. The van der Waals surface area contributed by atoms with Crippen molar-refractivity contribution in [1.82, 2.24) is 0 Å². The SMILES string of the molecule is COC(C=Nc1ccccc1)=CNc1ccccc1. The molecule has 1 N–H and O–H groups in total. The summed E-state index contributed by atoms with van der Waals surface area (Å²) in [6.07, 6.45) is 3.47. The molecule has 2 aromatic rings. The highest BCUT2D eigenvalue weighted by Gasteiger charge is 1.92. The lowest BCUT2D eigenvalue weighted by Gasteiger charge is -2.03. The molecule has 3 nitrogen and oxygen atoms in total. The van der Waals surface area contributed by atoms with Gasteiger partial charge in [-0.2, -0.15) is 0 Å². The van der Waals surface area contributed by atoms with Gasteiger partial charge in [-0.3, -0.25) is 4.99 Å². The van der Waals surface area contributed by atoms with Crippen LogP contribution in [-0.2, 0) is 4.74 Å². The summed E-state index contributed by atoms with van der Waals surface area (Å²) < 4.78 is 5.24. The maximum atomic E-state index is 5.24. The van der Waals surface area contributed by atoms with Crippen molar-refractivity contribution in [2.45, 2.75) is 0 Å². The van der Waals surface area contributed by atoms with Crippen molar-refractivity contribution in [2.24, 2.45) is 4.99 Å². The minimum Gasteiger partial charge on any atom is -0.494 e. The van der Waals surface area contributed by atoms with E-state index >= 15 is 0 Å². The molecule has 0 bridgehead atoms. The minimum atomic E-state index is 0.660. The third kappa shape index (κ3) is 4.32. The van der Waals surface area contributed by atoms with Gasteiger partial charge in [-0.05, 0) is 24.3 Å². The summed E-state index contributed by atoms with van der Waals surface area (Å²) in [6, 6.07) is 19.6. The zero-order valence-corrected chi connectivity index (χ0v) is 10.8. The molecule has 0 atom stereocenters. The van der Waals surface area contributed by atoms with Crippen molar-refractivity contribution in [3.63, 3.8) is 0 Å². The molecule has 0 radical (unpaired) electrons. The lowest BCUT2D eigenvalue weighted by atomic mass is 10.3. The molecule has 0 aliphatic heterocycles. The van der Waals surface area contributed by atoms with Crippen molar-refractivity contribution < 1.29 is 4.74 Å². The van der Waals surface area contributed by atoms with Crippen molar-refractivity contribution >= 4 is 17.6 Å². The van der Waals surface area contributed by atoms with E-state index in [4.69, 9.17) is 4.74 Å². The monoisotopic (exact) mass is 252 g/mol. The van der Waals surface area contributed by atoms with E-state index in [-0.39, 0.29) is 0 Å². The standard InChI is InChI=1S/C16H16N2O/c1-19-16(12-17-14-8-4-2-5-9-14)13-18-15-10-6-3-7-11-15/h2-13,17H,1H3. The van der Waals surface area contributed by atoms with Crippen molar-refractivity contribution in [1.29, 1.82) is 0 Å². The Labute approximate surface area is 113 Å². The van der Waals surface area contributed by atoms with Crippen LogP contribution in [0.15, 0.2) is 77.6 Å². The predicted octanol–water partition coefficient (Wildman–Crippen LogP) is 3.99. The molecule has 19 heavy (non-hydrogen) atoms. The van der Waals surface area contributed by atoms with E-state index in [1.807, 2.05) is 60.7 Å². The smallest absolute Gasteiger partial charge is 0.153 e. The number of rotatable bonds is 5. The predicted molar refractivity (Wildman–Crippen MR) is 79.8 cm³/mol. The van der Waals surface area contributed by atoms with E-state index in [0.717, 1.165) is 11.4 Å². The van der Waals surface area contributed by atoms with Gasteiger partial charge in [0.1, 0.15) is 0 Å². The molecule has 3 heteroatoms. The molecule has 0 saturated heterocycles. The second kappa shape index (κ2) is 7.01. The number of anilines is 1. The van der Waals surface area contributed by atoms with Crippen LogP contribution in [-0.4, -0.2) is 13.3 Å². The Kier molecular flexibility index (Phi) is 4.76. The number of aliphatic imine (C=N–C) groups is 1. The fourth-order valence-electron chi connectivity index (χ4n) is 1.49. The number of allylic oxidation sites excluding steroid dienone is 1. The number of benzene rings is 2. The molecular weight excluding hydrogens is 236 g/mol. The number of ether oxygens (including phenoxy) is 1. The normalized spacial score (nSPS) is 11.5. The second-order valence-corrected chi connectivity index (χ2v) is 3.85. The highest BCUT2D eigenvalue weighted by atomic mass is 16.5. The highest BCUT2D eigenvalue weighted by molar-refractivity contribution is 5.79. The van der Waals surface area contributed by atoms with Gasteiger partial charge in [-0.1, -0.05) is 36.4 Å². The fourth-order valence-corrected chi connectivity index (χ4v) is 1.49. The van der Waals surface area contributed by atoms with Gasteiger partial charge in [-0.25, -0.2) is 0 Å². The molecule has 0 aliphatic carbocycles. The summed E-state index contributed by atoms with van der Waals surface area (Å²) >= 11 is 0. The number of methoxy groups -OCH3 is 1. The Morgan fingerprint density at radius 1 is 1.00 bits per heavy atom. The first-order chi connectivity index (χ1) is 9.38. The molecular formula is C16H16N2O. The zero-order chi connectivity index (χ0) is 13.3. The molecule has 0 unspecified atom stereocenters. The largest absolute Gasteiger partial charge is 0.494 e. The lowest BCUT2D eigenvalue weighted by Crippen LogP contribution is -1.94. The van der Waals surface area contributed by atoms with E-state index in [1.165, 1.54) is 0 Å². The van der Waals surface area contributed by atoms with E-state index in [9.17, 15) is 0 Å². The average molecular weight is 252 g/mol. The van der Waals surface area contributed by atoms with Crippen LogP contribution in [0, 0.1) is 0 Å². The Balaban J connectivity index is 2.02. The number of hydrogen-bond donors (Lipinski definition) is 1. The highest BCUT2D eigenvalue weighted by Crippen LogP contribution is 2.10. The molecule has 96 valence electrons. The Hall–Kier alpha value is -2.55. The Morgan fingerprint density at radius 2 is 1.63 bits per heavy atom. The van der Waals surface area contributed by atoms with Crippen LogP contribution in [0.5, 0.6) is 0 Å². The minimum absolute atomic E-state index is 0.660. The summed E-state index contributed by atoms with van der Waals surface area (Å²) in [5.74, 6) is 0.660. The van der Waals surface area contributed by atoms with Crippen LogP contribution < -0.4 is 5.32 Å². The first-order valence-corrected chi connectivity index (χ1v) is 6.03. The number of nitrogens with zero attached hydrogens (tertiary/aromatic N) is 1. The number of para-hydroxylation sites is 2. The lowest BCUT2D eigenvalue weighted by molar-refractivity contribution is 0.317. The van der Waals surface area contributed by atoms with Crippen molar-refractivity contribution in [3.8, 4) is 0 Å². The van der Waals surface area contributed by atoms with Gasteiger partial charge in [0.15, 0.2) is 5.76 Å². The fraction of sp³-hybridized carbons (Fsp3) is 0.0625. The van der Waals surface area contributed by atoms with E-state index < -0.39 is 0 Å². The van der Waals surface area contributed by atoms with Crippen LogP contribution in [0.25, 0.3) is 0 Å². The molecule has 0 fully saturated rings. The van der Waals surface area contributed by atoms with Crippen molar-refractivity contribution in [2.75, 3.05) is 12.4 Å². The van der Waals surface area contributed by atoms with Gasteiger partial charge in [0, 0.05) is 11.9 Å². The van der Waals surface area contributed by atoms with E-state index in [0.29, 0.717) is 5.76 Å². The van der Waals surface area contributed by atoms with Gasteiger partial charge < -0.3 is 10.1 Å². The quantitative estimate of drug-likeness (QED) is 0.645. The van der Waals surface area contributed by atoms with Gasteiger partial charge in [0.2, 0.25) is 0 Å². The molecule has 2 aromatic carbocycles. The second-order valence-electron chi connectivity index (χ2n) is 3.85. The van der Waals surface area contributed by atoms with Crippen molar-refractivity contribution in [3.05, 3.63) is 72.6 Å². The van der Waals surface area contributed by atoms with Crippen LogP contribution in [0.2, 0.25) is 0 Å². The molecule has 0 amide bonds. The van der Waals surface area contributed by atoms with Gasteiger partial charge in [-0.15, -0.1) is 0 Å². The average Bonchev–Trinajstić information content (AvgIpc) is 2.49. The molecule has 0 spiro atoms. The van der Waals surface area contributed by atoms with Crippen LogP contribution >= 0.6 is 0 Å². The maximum Gasteiger partial charge on any atom is 0.153 e. The van der Waals surface area contributed by atoms with Crippen LogP contribution in [0.3, 0.4) is 0 Å². The topological polar surface area (TPSA) is 33.6 Å². The van der Waals surface area contributed by atoms with E-state index in [2.05, 4.69) is 10.3 Å². The molecule has 0 aliphatic rings. The third-order valence-electron chi connectivity index (χ3n) is 2.49. The summed E-state index contributed by atoms with van der Waals surface area (Å²) in [5, 5.41) is 3.15. The van der Waals surface area contributed by atoms with Gasteiger partial charge in [0.05, 0.1) is 19.0 Å². The van der Waals surface area contributed by atoms with Crippen LogP contribution in [0.4, 0.5) is 11.4 Å². The number of nitrogens with one attached hydrogen (secondary N) is 1. The third-order valence-corrected chi connectivity index (χ3v) is 2.49. The van der Waals surface area contributed by atoms with Gasteiger partial charge in [0.25, 0.3) is 0 Å². The summed E-state index contributed by atoms with van der Waals surface area (Å²) in [6.45, 7) is 0. The summed E-state index contributed by atoms with van der Waals surface area (Å²) in [5.41, 5.74) is 1.90. The molecule has 0 aromatic heterocycles. The van der Waals surface area contributed by atoms with E-state index in [1.54, 1.807) is 19.5 Å². The van der Waals surface area contributed by atoms with Crippen LogP contribution in [0.1, 0.15) is 0 Å². The molecule has 2 rings (SSSR count). The Morgan fingerprint density at radius 3 is 2.26 bits per heavy atom. The first kappa shape index (κ1) is 12.9. The molecule has 0 saturated carbocycles. The Bertz CT molecular complexity index is 547. The number of hydrogen-bond acceptors (Lipinski definition) is 3. The summed E-state index contributed by atoms with van der Waals surface area (Å²) in [4.78, 5) is 4.33. The zero-order valence-electron chi connectivity index (χ0n) is 10.8. The molecule has 0 heterocycles. The summed E-state index contributed by atoms with van der Waals surface area (Å²) in [7, 11) is 1.62. The van der Waals surface area contributed by atoms with Gasteiger partial charge >= 0.3 is 0 Å². The maximum absolute atomic E-state index is 5.24.